The Morgan fingerprint density at radius 1 is 1.22 bits per heavy atom. The van der Waals surface area contributed by atoms with Gasteiger partial charge in [-0.2, -0.15) is 5.10 Å². The summed E-state index contributed by atoms with van der Waals surface area (Å²) in [5.41, 5.74) is 3.21. The first-order chi connectivity index (χ1) is 13.0. The number of aromatic hydroxyl groups is 1. The number of nitrogens with zero attached hydrogens (tertiary/aromatic N) is 2. The number of benzene rings is 2. The molecule has 0 saturated heterocycles. The summed E-state index contributed by atoms with van der Waals surface area (Å²) in [6.45, 7) is 2.01. The van der Waals surface area contributed by atoms with Crippen LogP contribution in [0, 0.1) is 6.92 Å². The fraction of sp³-hybridized carbons (Fsp3) is 0.143. The Labute approximate surface area is 161 Å². The predicted molar refractivity (Wildman–Crippen MR) is 103 cm³/mol. The van der Waals surface area contributed by atoms with Crippen molar-refractivity contribution in [2.75, 3.05) is 0 Å². The largest absolute Gasteiger partial charge is 0.507 e. The van der Waals surface area contributed by atoms with Crippen molar-refractivity contribution in [3.8, 4) is 5.75 Å². The third kappa shape index (κ3) is 3.34. The summed E-state index contributed by atoms with van der Waals surface area (Å²) in [7, 11) is 0. The van der Waals surface area contributed by atoms with Crippen molar-refractivity contribution in [2.24, 2.45) is 5.10 Å². The molecule has 1 aliphatic heterocycles. The van der Waals surface area contributed by atoms with Gasteiger partial charge in [0.2, 0.25) is 0 Å². The summed E-state index contributed by atoms with van der Waals surface area (Å²) < 4.78 is 5.26. The van der Waals surface area contributed by atoms with Crippen LogP contribution in [0.3, 0.4) is 0 Å². The minimum atomic E-state index is -0.331. The van der Waals surface area contributed by atoms with Gasteiger partial charge in [0.05, 0.1) is 18.0 Å². The van der Waals surface area contributed by atoms with Crippen LogP contribution >= 0.6 is 11.6 Å². The van der Waals surface area contributed by atoms with Crippen LogP contribution in [0.2, 0.25) is 5.02 Å². The fourth-order valence-electron chi connectivity index (χ4n) is 3.16. The molecule has 0 aliphatic carbocycles. The van der Waals surface area contributed by atoms with Gasteiger partial charge in [-0.25, -0.2) is 5.01 Å². The van der Waals surface area contributed by atoms with Crippen LogP contribution in [0.1, 0.15) is 39.7 Å². The van der Waals surface area contributed by atoms with Gasteiger partial charge in [0.1, 0.15) is 5.75 Å². The summed E-state index contributed by atoms with van der Waals surface area (Å²) in [5, 5.41) is 16.7. The van der Waals surface area contributed by atoms with Crippen LogP contribution in [0.15, 0.2) is 70.4 Å². The van der Waals surface area contributed by atoms with Crippen molar-refractivity contribution in [3.05, 3.63) is 88.3 Å². The van der Waals surface area contributed by atoms with Gasteiger partial charge in [0.15, 0.2) is 5.76 Å². The Morgan fingerprint density at radius 3 is 2.70 bits per heavy atom. The van der Waals surface area contributed by atoms with E-state index in [-0.39, 0.29) is 23.5 Å². The Bertz CT molecular complexity index is 1010. The minimum Gasteiger partial charge on any atom is -0.507 e. The highest BCUT2D eigenvalue weighted by Gasteiger charge is 2.35. The van der Waals surface area contributed by atoms with Crippen LogP contribution < -0.4 is 0 Å². The normalized spacial score (nSPS) is 16.4. The van der Waals surface area contributed by atoms with Gasteiger partial charge in [-0.05, 0) is 42.8 Å². The maximum atomic E-state index is 12.9. The predicted octanol–water partition coefficient (Wildman–Crippen LogP) is 4.94. The number of aryl methyl sites for hydroxylation is 1. The lowest BCUT2D eigenvalue weighted by molar-refractivity contribution is 0.0678. The smallest absolute Gasteiger partial charge is 0.310 e. The molecule has 0 spiro atoms. The van der Waals surface area contributed by atoms with Crippen LogP contribution in [0.25, 0.3) is 0 Å². The zero-order valence-electron chi connectivity index (χ0n) is 14.6. The number of carbonyl (C=O) groups is 1. The second-order valence-corrected chi connectivity index (χ2v) is 6.90. The third-order valence-corrected chi connectivity index (χ3v) is 4.82. The van der Waals surface area contributed by atoms with Crippen molar-refractivity contribution in [3.63, 3.8) is 0 Å². The van der Waals surface area contributed by atoms with Crippen molar-refractivity contribution in [1.82, 2.24) is 5.01 Å². The van der Waals surface area contributed by atoms with Crippen LogP contribution in [-0.2, 0) is 0 Å². The molecular formula is C21H17ClN2O3. The molecule has 2 heterocycles. The second kappa shape index (κ2) is 6.93. The molecule has 1 atom stereocenters. The van der Waals surface area contributed by atoms with E-state index in [1.807, 2.05) is 31.2 Å². The first kappa shape index (κ1) is 17.4. The number of phenolic OH excluding ortho intramolecular Hbond substituents is 1. The summed E-state index contributed by atoms with van der Waals surface area (Å²) in [6.07, 6.45) is 1.92. The standard InChI is InChI=1S/C21H17ClN2O3/c1-13-4-6-14(7-5-13)18-12-17(16-11-15(22)8-9-19(16)25)23-24(18)21(26)20-3-2-10-27-20/h2-11,18,25H,12H2,1H3/t18-/m1/s1. The van der Waals surface area contributed by atoms with E-state index >= 15 is 0 Å². The molecule has 0 unspecified atom stereocenters. The SMILES string of the molecule is Cc1ccc([C@H]2CC(c3cc(Cl)ccc3O)=NN2C(=O)c2ccco2)cc1. The molecular weight excluding hydrogens is 364 g/mol. The lowest BCUT2D eigenvalue weighted by Crippen LogP contribution is -2.26. The van der Waals surface area contributed by atoms with Crippen molar-refractivity contribution in [1.29, 1.82) is 0 Å². The highest BCUT2D eigenvalue weighted by atomic mass is 35.5. The number of phenols is 1. The topological polar surface area (TPSA) is 66.0 Å². The Hall–Kier alpha value is -3.05. The van der Waals surface area contributed by atoms with Gasteiger partial charge in [0.25, 0.3) is 0 Å². The monoisotopic (exact) mass is 380 g/mol. The third-order valence-electron chi connectivity index (χ3n) is 4.58. The number of hydrazone groups is 1. The Balaban J connectivity index is 1.76. The number of halogens is 1. The first-order valence-corrected chi connectivity index (χ1v) is 8.91. The van der Waals surface area contributed by atoms with E-state index < -0.39 is 0 Å². The van der Waals surface area contributed by atoms with Gasteiger partial charge in [-0.3, -0.25) is 4.79 Å². The zero-order valence-corrected chi connectivity index (χ0v) is 15.3. The lowest BCUT2D eigenvalue weighted by Gasteiger charge is -2.21. The maximum Gasteiger partial charge on any atom is 0.310 e. The molecule has 136 valence electrons. The number of hydrogen-bond acceptors (Lipinski definition) is 4. The van der Waals surface area contributed by atoms with Gasteiger partial charge in [-0.15, -0.1) is 0 Å². The number of hydrogen-bond donors (Lipinski definition) is 1. The quantitative estimate of drug-likeness (QED) is 0.699. The summed E-state index contributed by atoms with van der Waals surface area (Å²) in [6, 6.07) is 15.7. The van der Waals surface area contributed by atoms with Crippen molar-refractivity contribution in [2.45, 2.75) is 19.4 Å². The summed E-state index contributed by atoms with van der Waals surface area (Å²) in [5.74, 6) is -0.0392. The van der Waals surface area contributed by atoms with E-state index in [1.54, 1.807) is 24.3 Å². The molecule has 4 rings (SSSR count). The molecule has 1 N–H and O–H groups in total. The molecule has 0 fully saturated rings. The molecule has 3 aromatic rings. The molecule has 1 aromatic heterocycles. The molecule has 0 saturated carbocycles. The van der Waals surface area contributed by atoms with E-state index in [4.69, 9.17) is 16.0 Å². The van der Waals surface area contributed by atoms with Crippen LogP contribution in [0.4, 0.5) is 0 Å². The molecule has 0 radical (unpaired) electrons. The van der Waals surface area contributed by atoms with Gasteiger partial charge in [-0.1, -0.05) is 41.4 Å². The molecule has 27 heavy (non-hydrogen) atoms. The van der Waals surface area contributed by atoms with Crippen LogP contribution in [-0.4, -0.2) is 21.7 Å². The van der Waals surface area contributed by atoms with Gasteiger partial charge < -0.3 is 9.52 Å². The summed E-state index contributed by atoms with van der Waals surface area (Å²) in [4.78, 5) is 12.9. The van der Waals surface area contributed by atoms with Gasteiger partial charge >= 0.3 is 5.91 Å². The number of furan rings is 1. The highest BCUT2D eigenvalue weighted by molar-refractivity contribution is 6.31. The number of amides is 1. The Morgan fingerprint density at radius 2 is 2.00 bits per heavy atom. The first-order valence-electron chi connectivity index (χ1n) is 8.53. The van der Waals surface area contributed by atoms with E-state index in [2.05, 4.69) is 5.10 Å². The van der Waals surface area contributed by atoms with Gasteiger partial charge in [0, 0.05) is 17.0 Å². The Kier molecular flexibility index (Phi) is 4.46. The molecule has 1 aliphatic rings. The minimum absolute atomic E-state index is 0.0769. The number of carbonyl (C=O) groups excluding carboxylic acids is 1. The number of rotatable bonds is 3. The second-order valence-electron chi connectivity index (χ2n) is 6.47. The van der Waals surface area contributed by atoms with Crippen molar-refractivity contribution < 1.29 is 14.3 Å². The summed E-state index contributed by atoms with van der Waals surface area (Å²) >= 11 is 6.08. The zero-order chi connectivity index (χ0) is 19.0. The van der Waals surface area contributed by atoms with Crippen LogP contribution in [0.5, 0.6) is 5.75 Å². The molecule has 2 aromatic carbocycles. The van der Waals surface area contributed by atoms with E-state index in [0.29, 0.717) is 22.7 Å². The molecule has 5 nitrogen and oxygen atoms in total. The average Bonchev–Trinajstić information content (AvgIpc) is 3.34. The maximum absolute atomic E-state index is 12.9. The fourth-order valence-corrected chi connectivity index (χ4v) is 3.33. The lowest BCUT2D eigenvalue weighted by atomic mass is 9.97. The average molecular weight is 381 g/mol. The molecule has 0 bridgehead atoms. The van der Waals surface area contributed by atoms with E-state index in [0.717, 1.165) is 11.1 Å². The van der Waals surface area contributed by atoms with E-state index in [1.165, 1.54) is 17.3 Å². The highest BCUT2D eigenvalue weighted by Crippen LogP contribution is 2.36. The molecule has 6 heteroatoms. The van der Waals surface area contributed by atoms with Crippen molar-refractivity contribution >= 4 is 23.2 Å². The van der Waals surface area contributed by atoms with E-state index in [9.17, 15) is 9.90 Å². The molecule has 1 amide bonds.